The third-order valence-corrected chi connectivity index (χ3v) is 5.04. The first-order valence-electron chi connectivity index (χ1n) is 9.53. The Morgan fingerprint density at radius 1 is 1.00 bits per heavy atom. The highest BCUT2D eigenvalue weighted by Gasteiger charge is 2.19. The molecule has 2 aromatic carbocycles. The molecule has 0 bridgehead atoms. The van der Waals surface area contributed by atoms with E-state index < -0.39 is 5.91 Å². The maximum absolute atomic E-state index is 12.3. The summed E-state index contributed by atoms with van der Waals surface area (Å²) in [5, 5.41) is 3.47. The number of hydrogen-bond donors (Lipinski definition) is 2. The molecule has 0 aliphatic carbocycles. The maximum atomic E-state index is 12.3. The number of hydrogen-bond acceptors (Lipinski definition) is 5. The number of nitrogens with one attached hydrogen (secondary N) is 1. The van der Waals surface area contributed by atoms with Crippen molar-refractivity contribution in [3.63, 3.8) is 0 Å². The van der Waals surface area contributed by atoms with Gasteiger partial charge in [-0.25, -0.2) is 0 Å². The molecule has 2 amide bonds. The van der Waals surface area contributed by atoms with Gasteiger partial charge in [-0.2, -0.15) is 0 Å². The third-order valence-electron chi connectivity index (χ3n) is 4.79. The van der Waals surface area contributed by atoms with E-state index in [-0.39, 0.29) is 12.5 Å². The van der Waals surface area contributed by atoms with Gasteiger partial charge in [-0.3, -0.25) is 19.4 Å². The van der Waals surface area contributed by atoms with Crippen LogP contribution in [0.15, 0.2) is 48.5 Å². The van der Waals surface area contributed by atoms with E-state index in [0.717, 1.165) is 38.5 Å². The Morgan fingerprint density at radius 3 is 2.34 bits per heavy atom. The minimum atomic E-state index is -0.560. The van der Waals surface area contributed by atoms with Crippen molar-refractivity contribution in [3.05, 3.63) is 59.1 Å². The molecule has 2 aromatic rings. The molecule has 1 saturated heterocycles. The second kappa shape index (κ2) is 10.2. The lowest BCUT2D eigenvalue weighted by molar-refractivity contribution is -0.117. The zero-order valence-electron chi connectivity index (χ0n) is 16.1. The fraction of sp³-hybridized carbons (Fsp3) is 0.333. The summed E-state index contributed by atoms with van der Waals surface area (Å²) >= 11 is 5.87. The fourth-order valence-electron chi connectivity index (χ4n) is 3.19. The lowest BCUT2D eigenvalue weighted by Crippen LogP contribution is -2.49. The zero-order valence-corrected chi connectivity index (χ0v) is 16.9. The minimum Gasteiger partial charge on any atom is -0.492 e. The molecular weight excluding hydrogens is 392 g/mol. The summed E-state index contributed by atoms with van der Waals surface area (Å²) in [4.78, 5) is 28.2. The molecule has 0 saturated carbocycles. The highest BCUT2D eigenvalue weighted by Crippen LogP contribution is 2.16. The average molecular weight is 417 g/mol. The molecule has 7 nitrogen and oxygen atoms in total. The SMILES string of the molecule is NC(=O)c1ccccc1NC(=O)CN1CCN(CCOc2ccc(Cl)cc2)CC1. The number of nitrogens with zero attached hydrogens (tertiary/aromatic N) is 2. The van der Waals surface area contributed by atoms with Crippen molar-refractivity contribution < 1.29 is 14.3 Å². The molecule has 0 aromatic heterocycles. The topological polar surface area (TPSA) is 87.9 Å². The van der Waals surface area contributed by atoms with Crippen molar-refractivity contribution in [1.82, 2.24) is 9.80 Å². The van der Waals surface area contributed by atoms with Gasteiger partial charge in [0.1, 0.15) is 12.4 Å². The molecule has 154 valence electrons. The summed E-state index contributed by atoms with van der Waals surface area (Å²) in [5.41, 5.74) is 6.11. The van der Waals surface area contributed by atoms with Crippen LogP contribution < -0.4 is 15.8 Å². The molecule has 1 aliphatic rings. The number of carbonyl (C=O) groups is 2. The number of para-hydroxylation sites is 1. The van der Waals surface area contributed by atoms with Crippen LogP contribution in [0.3, 0.4) is 0 Å². The number of carbonyl (C=O) groups excluding carboxylic acids is 2. The van der Waals surface area contributed by atoms with Gasteiger partial charge in [-0.15, -0.1) is 0 Å². The first kappa shape index (κ1) is 21.1. The van der Waals surface area contributed by atoms with E-state index in [1.54, 1.807) is 24.3 Å². The second-order valence-corrected chi connectivity index (χ2v) is 7.31. The van der Waals surface area contributed by atoms with Crippen LogP contribution in [0.2, 0.25) is 5.02 Å². The van der Waals surface area contributed by atoms with Crippen molar-refractivity contribution in [2.75, 3.05) is 51.2 Å². The number of rotatable bonds is 8. The lowest BCUT2D eigenvalue weighted by atomic mass is 10.1. The van der Waals surface area contributed by atoms with Gasteiger partial charge in [-0.05, 0) is 36.4 Å². The van der Waals surface area contributed by atoms with Gasteiger partial charge in [0.2, 0.25) is 5.91 Å². The van der Waals surface area contributed by atoms with Crippen LogP contribution in [-0.4, -0.2) is 67.5 Å². The average Bonchev–Trinajstić information content (AvgIpc) is 2.71. The number of piperazine rings is 1. The molecule has 0 atom stereocenters. The van der Waals surface area contributed by atoms with E-state index in [1.165, 1.54) is 0 Å². The monoisotopic (exact) mass is 416 g/mol. The quantitative estimate of drug-likeness (QED) is 0.687. The number of halogens is 1. The summed E-state index contributed by atoms with van der Waals surface area (Å²) in [6, 6.07) is 14.1. The van der Waals surface area contributed by atoms with Crippen molar-refractivity contribution in [1.29, 1.82) is 0 Å². The Hall–Kier alpha value is -2.61. The summed E-state index contributed by atoms with van der Waals surface area (Å²) in [7, 11) is 0. The van der Waals surface area contributed by atoms with Gasteiger partial charge in [-0.1, -0.05) is 23.7 Å². The molecule has 8 heteroatoms. The Balaban J connectivity index is 1.38. The fourth-order valence-corrected chi connectivity index (χ4v) is 3.32. The highest BCUT2D eigenvalue weighted by atomic mass is 35.5. The Kier molecular flexibility index (Phi) is 7.46. The van der Waals surface area contributed by atoms with E-state index in [2.05, 4.69) is 15.1 Å². The summed E-state index contributed by atoms with van der Waals surface area (Å²) < 4.78 is 5.74. The smallest absolute Gasteiger partial charge is 0.250 e. The number of benzene rings is 2. The summed E-state index contributed by atoms with van der Waals surface area (Å²) in [6.07, 6.45) is 0. The van der Waals surface area contributed by atoms with Gasteiger partial charge in [0.05, 0.1) is 17.8 Å². The predicted molar refractivity (Wildman–Crippen MR) is 113 cm³/mol. The molecule has 1 fully saturated rings. The van der Waals surface area contributed by atoms with Crippen LogP contribution in [0, 0.1) is 0 Å². The molecule has 0 unspecified atom stereocenters. The molecule has 0 spiro atoms. The normalized spacial score (nSPS) is 15.1. The number of primary amides is 1. The van der Waals surface area contributed by atoms with E-state index in [0.29, 0.717) is 22.9 Å². The van der Waals surface area contributed by atoms with Crippen LogP contribution in [0.25, 0.3) is 0 Å². The van der Waals surface area contributed by atoms with Gasteiger partial charge >= 0.3 is 0 Å². The van der Waals surface area contributed by atoms with E-state index >= 15 is 0 Å². The summed E-state index contributed by atoms with van der Waals surface area (Å²) in [5.74, 6) is 0.0921. The molecule has 3 N–H and O–H groups in total. The van der Waals surface area contributed by atoms with Crippen LogP contribution in [-0.2, 0) is 4.79 Å². The Morgan fingerprint density at radius 2 is 1.66 bits per heavy atom. The number of anilines is 1. The van der Waals surface area contributed by atoms with Gasteiger partial charge in [0.25, 0.3) is 5.91 Å². The third kappa shape index (κ3) is 6.45. The van der Waals surface area contributed by atoms with Crippen molar-refractivity contribution in [2.45, 2.75) is 0 Å². The van der Waals surface area contributed by atoms with Crippen LogP contribution >= 0.6 is 11.6 Å². The number of amides is 2. The molecule has 3 rings (SSSR count). The molecule has 0 radical (unpaired) electrons. The predicted octanol–water partition coefficient (Wildman–Crippen LogP) is 2.07. The molecule has 1 heterocycles. The van der Waals surface area contributed by atoms with Gasteiger partial charge in [0, 0.05) is 37.7 Å². The maximum Gasteiger partial charge on any atom is 0.250 e. The number of ether oxygens (including phenoxy) is 1. The zero-order chi connectivity index (χ0) is 20.6. The van der Waals surface area contributed by atoms with E-state index in [1.807, 2.05) is 24.3 Å². The Bertz CT molecular complexity index is 836. The van der Waals surface area contributed by atoms with Crippen LogP contribution in [0.4, 0.5) is 5.69 Å². The molecular formula is C21H25ClN4O3. The van der Waals surface area contributed by atoms with Crippen molar-refractivity contribution in [2.24, 2.45) is 5.73 Å². The van der Waals surface area contributed by atoms with Crippen LogP contribution in [0.1, 0.15) is 10.4 Å². The Labute approximate surface area is 175 Å². The molecule has 1 aliphatic heterocycles. The van der Waals surface area contributed by atoms with E-state index in [9.17, 15) is 9.59 Å². The van der Waals surface area contributed by atoms with Gasteiger partial charge in [0.15, 0.2) is 0 Å². The van der Waals surface area contributed by atoms with Crippen molar-refractivity contribution >= 4 is 29.1 Å². The first-order chi connectivity index (χ1) is 14.0. The number of nitrogens with two attached hydrogens (primary N) is 1. The minimum absolute atomic E-state index is 0.154. The largest absolute Gasteiger partial charge is 0.492 e. The van der Waals surface area contributed by atoms with Crippen molar-refractivity contribution in [3.8, 4) is 5.75 Å². The lowest BCUT2D eigenvalue weighted by Gasteiger charge is -2.34. The first-order valence-corrected chi connectivity index (χ1v) is 9.91. The highest BCUT2D eigenvalue weighted by molar-refractivity contribution is 6.30. The van der Waals surface area contributed by atoms with E-state index in [4.69, 9.17) is 22.1 Å². The van der Waals surface area contributed by atoms with Gasteiger partial charge < -0.3 is 15.8 Å². The van der Waals surface area contributed by atoms with Crippen LogP contribution in [0.5, 0.6) is 5.75 Å². The molecule has 29 heavy (non-hydrogen) atoms. The second-order valence-electron chi connectivity index (χ2n) is 6.88. The summed E-state index contributed by atoms with van der Waals surface area (Å²) in [6.45, 7) is 5.05. The standard InChI is InChI=1S/C21H25ClN4O3/c22-16-5-7-17(8-6-16)29-14-13-25-9-11-26(12-10-25)15-20(27)24-19-4-2-1-3-18(19)21(23)28/h1-8H,9-15H2,(H2,23,28)(H,24,27).